The molecule has 0 aliphatic carbocycles. The number of hydrogen-bond donors (Lipinski definition) is 3. The molecule has 0 saturated heterocycles. The van der Waals surface area contributed by atoms with Crippen LogP contribution in [-0.4, -0.2) is 24.8 Å². The molecule has 1 aromatic carbocycles. The molecule has 0 fully saturated rings. The first-order valence-corrected chi connectivity index (χ1v) is 7.50. The maximum Gasteiger partial charge on any atom is 0.319 e. The lowest BCUT2D eigenvalue weighted by atomic mass is 9.99. The minimum Gasteiger partial charge on any atom is -0.494 e. The zero-order chi connectivity index (χ0) is 16.2. The van der Waals surface area contributed by atoms with Gasteiger partial charge in [0.15, 0.2) is 0 Å². The van der Waals surface area contributed by atoms with Crippen molar-refractivity contribution in [3.05, 3.63) is 46.4 Å². The fourth-order valence-electron chi connectivity index (χ4n) is 1.86. The number of methoxy groups -OCH3 is 1. The van der Waals surface area contributed by atoms with Crippen molar-refractivity contribution < 1.29 is 19.0 Å². The van der Waals surface area contributed by atoms with E-state index in [4.69, 9.17) is 4.74 Å². The third-order valence-corrected chi connectivity index (χ3v) is 3.83. The van der Waals surface area contributed by atoms with E-state index >= 15 is 0 Å². The number of rotatable bonds is 5. The van der Waals surface area contributed by atoms with Crippen molar-refractivity contribution in [2.24, 2.45) is 0 Å². The average Bonchev–Trinajstić information content (AvgIpc) is 3.02. The summed E-state index contributed by atoms with van der Waals surface area (Å²) in [5.74, 6) is -0.233. The summed E-state index contributed by atoms with van der Waals surface area (Å²) >= 11 is 1.47. The Morgan fingerprint density at radius 3 is 2.86 bits per heavy atom. The van der Waals surface area contributed by atoms with E-state index in [2.05, 4.69) is 10.6 Å². The fourth-order valence-corrected chi connectivity index (χ4v) is 2.64. The maximum atomic E-state index is 13.1. The lowest BCUT2D eigenvalue weighted by Crippen LogP contribution is -2.40. The molecule has 0 unspecified atom stereocenters. The SMILES string of the molecule is COc1cc(F)ccc1NC(=O)NC[C@@](C)(O)c1ccsc1. The van der Waals surface area contributed by atoms with Crippen LogP contribution in [0.1, 0.15) is 12.5 Å². The van der Waals surface area contributed by atoms with Gasteiger partial charge in [-0.05, 0) is 41.4 Å². The molecular weight excluding hydrogens is 307 g/mol. The fraction of sp³-hybridized carbons (Fsp3) is 0.267. The van der Waals surface area contributed by atoms with E-state index in [1.165, 1.54) is 36.6 Å². The average molecular weight is 324 g/mol. The minimum absolute atomic E-state index is 0.0408. The van der Waals surface area contributed by atoms with E-state index in [1.807, 2.05) is 10.8 Å². The molecule has 5 nitrogen and oxygen atoms in total. The summed E-state index contributed by atoms with van der Waals surface area (Å²) in [6, 6.07) is 5.09. The number of urea groups is 1. The summed E-state index contributed by atoms with van der Waals surface area (Å²) < 4.78 is 18.1. The summed E-state index contributed by atoms with van der Waals surface area (Å²) in [6.45, 7) is 1.66. The molecule has 1 atom stereocenters. The first kappa shape index (κ1) is 16.3. The van der Waals surface area contributed by atoms with Crippen LogP contribution in [0.2, 0.25) is 0 Å². The Morgan fingerprint density at radius 2 is 2.23 bits per heavy atom. The van der Waals surface area contributed by atoms with Gasteiger partial charge in [0.25, 0.3) is 0 Å². The molecule has 0 saturated carbocycles. The molecule has 118 valence electrons. The molecule has 0 aliphatic heterocycles. The normalized spacial score (nSPS) is 13.3. The second-order valence-corrected chi connectivity index (χ2v) is 5.72. The highest BCUT2D eigenvalue weighted by Gasteiger charge is 2.24. The second kappa shape index (κ2) is 6.76. The Balaban J connectivity index is 1.96. The third-order valence-electron chi connectivity index (χ3n) is 3.15. The van der Waals surface area contributed by atoms with Gasteiger partial charge < -0.3 is 20.5 Å². The van der Waals surface area contributed by atoms with Crippen LogP contribution in [0.25, 0.3) is 0 Å². The number of anilines is 1. The van der Waals surface area contributed by atoms with Gasteiger partial charge in [0.1, 0.15) is 17.2 Å². The number of nitrogens with one attached hydrogen (secondary N) is 2. The number of thiophene rings is 1. The molecule has 2 rings (SSSR count). The Bertz CT molecular complexity index is 644. The molecule has 22 heavy (non-hydrogen) atoms. The lowest BCUT2D eigenvalue weighted by molar-refractivity contribution is 0.0604. The maximum absolute atomic E-state index is 13.1. The molecular formula is C15H17FN2O3S. The van der Waals surface area contributed by atoms with Crippen LogP contribution in [0.3, 0.4) is 0 Å². The van der Waals surface area contributed by atoms with Gasteiger partial charge in [-0.1, -0.05) is 0 Å². The van der Waals surface area contributed by atoms with Crippen molar-refractivity contribution in [2.45, 2.75) is 12.5 Å². The van der Waals surface area contributed by atoms with Crippen molar-refractivity contribution in [2.75, 3.05) is 19.0 Å². The second-order valence-electron chi connectivity index (χ2n) is 4.94. The molecule has 3 N–H and O–H groups in total. The largest absolute Gasteiger partial charge is 0.494 e. The van der Waals surface area contributed by atoms with Gasteiger partial charge in [-0.15, -0.1) is 0 Å². The van der Waals surface area contributed by atoms with Gasteiger partial charge in [0.05, 0.1) is 19.3 Å². The van der Waals surface area contributed by atoms with E-state index in [0.29, 0.717) is 5.69 Å². The van der Waals surface area contributed by atoms with Crippen molar-refractivity contribution >= 4 is 23.1 Å². The van der Waals surface area contributed by atoms with Crippen molar-refractivity contribution in [3.8, 4) is 5.75 Å². The Labute approximate surface area is 131 Å². The van der Waals surface area contributed by atoms with Gasteiger partial charge in [-0.3, -0.25) is 0 Å². The molecule has 0 spiro atoms. The van der Waals surface area contributed by atoms with Crippen molar-refractivity contribution in [1.82, 2.24) is 5.32 Å². The highest BCUT2D eigenvalue weighted by molar-refractivity contribution is 7.08. The van der Waals surface area contributed by atoms with E-state index in [1.54, 1.807) is 13.0 Å². The predicted molar refractivity (Wildman–Crippen MR) is 83.9 cm³/mol. The van der Waals surface area contributed by atoms with E-state index < -0.39 is 17.4 Å². The van der Waals surface area contributed by atoms with Gasteiger partial charge >= 0.3 is 6.03 Å². The number of carbonyl (C=O) groups is 1. The first-order chi connectivity index (χ1) is 10.4. The summed E-state index contributed by atoms with van der Waals surface area (Å²) in [4.78, 5) is 11.9. The van der Waals surface area contributed by atoms with Crippen LogP contribution in [0.4, 0.5) is 14.9 Å². The smallest absolute Gasteiger partial charge is 0.319 e. The van der Waals surface area contributed by atoms with Crippen LogP contribution in [-0.2, 0) is 5.60 Å². The van der Waals surface area contributed by atoms with E-state index in [9.17, 15) is 14.3 Å². The number of aliphatic hydroxyl groups is 1. The van der Waals surface area contributed by atoms with Crippen LogP contribution >= 0.6 is 11.3 Å². The summed E-state index contributed by atoms with van der Waals surface area (Å²) in [7, 11) is 1.39. The molecule has 7 heteroatoms. The van der Waals surface area contributed by atoms with Gasteiger partial charge in [0, 0.05) is 6.07 Å². The molecule has 0 aliphatic rings. The van der Waals surface area contributed by atoms with Crippen molar-refractivity contribution in [3.63, 3.8) is 0 Å². The Morgan fingerprint density at radius 1 is 1.45 bits per heavy atom. The highest BCUT2D eigenvalue weighted by Crippen LogP contribution is 2.25. The highest BCUT2D eigenvalue weighted by atomic mass is 32.1. The number of carbonyl (C=O) groups excluding carboxylic acids is 1. The minimum atomic E-state index is -1.16. The summed E-state index contributed by atoms with van der Waals surface area (Å²) in [5, 5.41) is 19.1. The van der Waals surface area contributed by atoms with Crippen LogP contribution in [0.5, 0.6) is 5.75 Å². The van der Waals surface area contributed by atoms with Crippen LogP contribution in [0.15, 0.2) is 35.0 Å². The molecule has 1 aromatic heterocycles. The molecule has 0 bridgehead atoms. The number of benzene rings is 1. The standard InChI is InChI=1S/C15H17FN2O3S/c1-15(20,10-5-6-22-8-10)9-17-14(19)18-12-4-3-11(16)7-13(12)21-2/h3-8,20H,9H2,1-2H3,(H2,17,18,19)/t15-/m1/s1. The number of hydrogen-bond acceptors (Lipinski definition) is 4. The number of amides is 2. The van der Waals surface area contributed by atoms with Crippen molar-refractivity contribution in [1.29, 1.82) is 0 Å². The number of ether oxygens (including phenoxy) is 1. The Kier molecular flexibility index (Phi) is 4.99. The van der Waals surface area contributed by atoms with E-state index in [-0.39, 0.29) is 12.3 Å². The quantitative estimate of drug-likeness (QED) is 0.792. The van der Waals surface area contributed by atoms with Crippen LogP contribution in [0, 0.1) is 5.82 Å². The molecule has 2 amide bonds. The predicted octanol–water partition coefficient (Wildman–Crippen LogP) is 2.93. The van der Waals surface area contributed by atoms with E-state index in [0.717, 1.165) is 5.56 Å². The summed E-state index contributed by atoms with van der Waals surface area (Å²) in [6.07, 6.45) is 0. The summed E-state index contributed by atoms with van der Waals surface area (Å²) in [5.41, 5.74) is -0.0849. The topological polar surface area (TPSA) is 70.6 Å². The van der Waals surface area contributed by atoms with Gasteiger partial charge in [-0.25, -0.2) is 9.18 Å². The first-order valence-electron chi connectivity index (χ1n) is 6.56. The lowest BCUT2D eigenvalue weighted by Gasteiger charge is -2.23. The number of halogens is 1. The molecule has 1 heterocycles. The third kappa shape index (κ3) is 3.96. The molecule has 2 aromatic rings. The van der Waals surface area contributed by atoms with Crippen LogP contribution < -0.4 is 15.4 Å². The molecule has 0 radical (unpaired) electrons. The zero-order valence-electron chi connectivity index (χ0n) is 12.2. The Hall–Kier alpha value is -2.12. The van der Waals surface area contributed by atoms with Gasteiger partial charge in [-0.2, -0.15) is 11.3 Å². The monoisotopic (exact) mass is 324 g/mol. The zero-order valence-corrected chi connectivity index (χ0v) is 13.0. The van der Waals surface area contributed by atoms with Gasteiger partial charge in [0.2, 0.25) is 0 Å².